The lowest BCUT2D eigenvalue weighted by Crippen LogP contribution is -2.31. The summed E-state index contributed by atoms with van der Waals surface area (Å²) in [6.45, 7) is 1.64. The van der Waals surface area contributed by atoms with Crippen LogP contribution < -0.4 is 10.2 Å². The van der Waals surface area contributed by atoms with Crippen LogP contribution in [0.15, 0.2) is 39.5 Å². The number of nitrogens with zero attached hydrogens (tertiary/aromatic N) is 1. The molecule has 2 aromatic rings. The maximum Gasteiger partial charge on any atom is 0.259 e. The first kappa shape index (κ1) is 12.7. The second-order valence-corrected chi connectivity index (χ2v) is 6.68. The molecule has 1 aromatic carbocycles. The van der Waals surface area contributed by atoms with E-state index in [0.717, 1.165) is 40.2 Å². The predicted octanol–water partition coefficient (Wildman–Crippen LogP) is 3.97. The summed E-state index contributed by atoms with van der Waals surface area (Å²) in [5.41, 5.74) is 2.74. The molecule has 1 amide bonds. The lowest BCUT2D eigenvalue weighted by molar-refractivity contribution is 0.0987. The van der Waals surface area contributed by atoms with E-state index < -0.39 is 0 Å². The second-order valence-electron chi connectivity index (χ2n) is 4.39. The summed E-state index contributed by atoms with van der Waals surface area (Å²) in [5, 5.41) is 5.26. The number of rotatable bonds is 1. The van der Waals surface area contributed by atoms with E-state index in [2.05, 4.69) is 21.2 Å². The van der Waals surface area contributed by atoms with Crippen LogP contribution >= 0.6 is 27.3 Å². The Morgan fingerprint density at radius 2 is 2.21 bits per heavy atom. The van der Waals surface area contributed by atoms with Gasteiger partial charge in [0, 0.05) is 18.5 Å². The zero-order valence-electron chi connectivity index (χ0n) is 10.2. The van der Waals surface area contributed by atoms with Crippen molar-refractivity contribution in [1.29, 1.82) is 0 Å². The second kappa shape index (κ2) is 5.35. The number of para-hydroxylation sites is 2. The van der Waals surface area contributed by atoms with E-state index >= 15 is 0 Å². The number of halogens is 1. The fourth-order valence-electron chi connectivity index (χ4n) is 2.23. The van der Waals surface area contributed by atoms with Crippen molar-refractivity contribution < 1.29 is 4.79 Å². The van der Waals surface area contributed by atoms with Crippen molar-refractivity contribution >= 4 is 44.5 Å². The van der Waals surface area contributed by atoms with Gasteiger partial charge >= 0.3 is 0 Å². The van der Waals surface area contributed by atoms with E-state index in [9.17, 15) is 4.79 Å². The minimum Gasteiger partial charge on any atom is -0.383 e. The van der Waals surface area contributed by atoms with Gasteiger partial charge in [0.05, 0.1) is 20.7 Å². The Hall–Kier alpha value is -1.33. The smallest absolute Gasteiger partial charge is 0.259 e. The van der Waals surface area contributed by atoms with Crippen molar-refractivity contribution in [1.82, 2.24) is 0 Å². The molecule has 1 aliphatic rings. The van der Waals surface area contributed by atoms with Gasteiger partial charge in [0.2, 0.25) is 0 Å². The SMILES string of the molecule is O=C(c1csc(Br)c1)N1CCCNc2ccccc21. The molecule has 0 fully saturated rings. The van der Waals surface area contributed by atoms with Crippen LogP contribution in [0.4, 0.5) is 11.4 Å². The zero-order valence-corrected chi connectivity index (χ0v) is 12.6. The molecule has 98 valence electrons. The third-order valence-corrected chi connectivity index (χ3v) is 4.63. The van der Waals surface area contributed by atoms with Gasteiger partial charge in [-0.25, -0.2) is 0 Å². The largest absolute Gasteiger partial charge is 0.383 e. The Kier molecular flexibility index (Phi) is 3.57. The van der Waals surface area contributed by atoms with Crippen LogP contribution in [0.5, 0.6) is 0 Å². The lowest BCUT2D eigenvalue weighted by atomic mass is 10.2. The van der Waals surface area contributed by atoms with Gasteiger partial charge in [-0.3, -0.25) is 4.79 Å². The summed E-state index contributed by atoms with van der Waals surface area (Å²) in [7, 11) is 0. The third-order valence-electron chi connectivity index (χ3n) is 3.13. The molecule has 5 heteroatoms. The molecule has 2 heterocycles. The quantitative estimate of drug-likeness (QED) is 0.854. The molecule has 0 radical (unpaired) electrons. The molecular formula is C14H13BrN2OS. The molecule has 3 nitrogen and oxygen atoms in total. The highest BCUT2D eigenvalue weighted by molar-refractivity contribution is 9.11. The van der Waals surface area contributed by atoms with Crippen molar-refractivity contribution in [2.75, 3.05) is 23.3 Å². The fraction of sp³-hybridized carbons (Fsp3) is 0.214. The molecule has 0 bridgehead atoms. The van der Waals surface area contributed by atoms with E-state index in [-0.39, 0.29) is 5.91 Å². The molecule has 0 saturated carbocycles. The monoisotopic (exact) mass is 336 g/mol. The standard InChI is InChI=1S/C14H13BrN2OS/c15-13-8-10(9-19-13)14(18)17-7-3-6-16-11-4-1-2-5-12(11)17/h1-2,4-5,8-9,16H,3,6-7H2. The van der Waals surface area contributed by atoms with Gasteiger partial charge in [-0.2, -0.15) is 0 Å². The van der Waals surface area contributed by atoms with Crippen molar-refractivity contribution in [3.63, 3.8) is 0 Å². The van der Waals surface area contributed by atoms with Crippen LogP contribution in [0, 0.1) is 0 Å². The highest BCUT2D eigenvalue weighted by Gasteiger charge is 2.22. The molecule has 19 heavy (non-hydrogen) atoms. The molecule has 1 aromatic heterocycles. The molecule has 1 N–H and O–H groups in total. The Morgan fingerprint density at radius 1 is 1.37 bits per heavy atom. The van der Waals surface area contributed by atoms with Crippen molar-refractivity contribution in [3.8, 4) is 0 Å². The summed E-state index contributed by atoms with van der Waals surface area (Å²) in [4.78, 5) is 14.5. The highest BCUT2D eigenvalue weighted by atomic mass is 79.9. The van der Waals surface area contributed by atoms with Crippen LogP contribution in [0.1, 0.15) is 16.8 Å². The Morgan fingerprint density at radius 3 is 3.00 bits per heavy atom. The first-order valence-electron chi connectivity index (χ1n) is 6.14. The number of anilines is 2. The minimum atomic E-state index is 0.0677. The predicted molar refractivity (Wildman–Crippen MR) is 83.2 cm³/mol. The summed E-state index contributed by atoms with van der Waals surface area (Å²) in [5.74, 6) is 0.0677. The van der Waals surface area contributed by atoms with Crippen LogP contribution in [-0.4, -0.2) is 19.0 Å². The molecule has 0 aliphatic carbocycles. The maximum atomic E-state index is 12.6. The number of thiophene rings is 1. The topological polar surface area (TPSA) is 32.3 Å². The number of hydrogen-bond donors (Lipinski definition) is 1. The van der Waals surface area contributed by atoms with Crippen molar-refractivity contribution in [3.05, 3.63) is 45.1 Å². The average Bonchev–Trinajstić information content (AvgIpc) is 2.74. The highest BCUT2D eigenvalue weighted by Crippen LogP contribution is 2.30. The number of carbonyl (C=O) groups is 1. The summed E-state index contributed by atoms with van der Waals surface area (Å²) >= 11 is 4.94. The van der Waals surface area contributed by atoms with Crippen molar-refractivity contribution in [2.24, 2.45) is 0 Å². The minimum absolute atomic E-state index is 0.0677. The van der Waals surface area contributed by atoms with Gasteiger partial charge in [0.15, 0.2) is 0 Å². The summed E-state index contributed by atoms with van der Waals surface area (Å²) < 4.78 is 0.983. The van der Waals surface area contributed by atoms with E-state index in [4.69, 9.17) is 0 Å². The maximum absolute atomic E-state index is 12.6. The number of carbonyl (C=O) groups excluding carboxylic acids is 1. The summed E-state index contributed by atoms with van der Waals surface area (Å²) in [6, 6.07) is 9.85. The molecule has 1 aliphatic heterocycles. The van der Waals surface area contributed by atoms with Gasteiger partial charge in [0.25, 0.3) is 5.91 Å². The molecule has 0 atom stereocenters. The third kappa shape index (κ3) is 2.53. The van der Waals surface area contributed by atoms with Crippen LogP contribution in [0.25, 0.3) is 0 Å². The first-order chi connectivity index (χ1) is 9.25. The Labute approximate surface area is 124 Å². The lowest BCUT2D eigenvalue weighted by Gasteiger charge is -2.21. The molecule has 0 saturated heterocycles. The Balaban J connectivity index is 1.98. The van der Waals surface area contributed by atoms with Crippen molar-refractivity contribution in [2.45, 2.75) is 6.42 Å². The fourth-order valence-corrected chi connectivity index (χ4v) is 3.36. The van der Waals surface area contributed by atoms with E-state index in [1.807, 2.05) is 40.6 Å². The van der Waals surface area contributed by atoms with Gasteiger partial charge in [-0.15, -0.1) is 11.3 Å². The van der Waals surface area contributed by atoms with Crippen LogP contribution in [0.3, 0.4) is 0 Å². The molecule has 0 spiro atoms. The summed E-state index contributed by atoms with van der Waals surface area (Å²) in [6.07, 6.45) is 0.950. The van der Waals surface area contributed by atoms with Gasteiger partial charge in [-0.1, -0.05) is 12.1 Å². The molecular weight excluding hydrogens is 324 g/mol. The van der Waals surface area contributed by atoms with E-state index in [1.54, 1.807) is 0 Å². The molecule has 0 unspecified atom stereocenters. The normalized spacial score (nSPS) is 14.5. The average molecular weight is 337 g/mol. The van der Waals surface area contributed by atoms with Gasteiger partial charge < -0.3 is 10.2 Å². The number of fused-ring (bicyclic) bond motifs is 1. The van der Waals surface area contributed by atoms with Gasteiger partial charge in [0.1, 0.15) is 0 Å². The zero-order chi connectivity index (χ0) is 13.2. The number of amides is 1. The van der Waals surface area contributed by atoms with E-state index in [1.165, 1.54) is 11.3 Å². The van der Waals surface area contributed by atoms with Gasteiger partial charge in [-0.05, 0) is 40.5 Å². The van der Waals surface area contributed by atoms with E-state index in [0.29, 0.717) is 0 Å². The number of nitrogens with one attached hydrogen (secondary N) is 1. The first-order valence-corrected chi connectivity index (χ1v) is 7.82. The number of hydrogen-bond acceptors (Lipinski definition) is 3. The Bertz CT molecular complexity index is 611. The van der Waals surface area contributed by atoms with Crippen LogP contribution in [0.2, 0.25) is 0 Å². The number of benzene rings is 1. The molecule has 3 rings (SSSR count). The van der Waals surface area contributed by atoms with Crippen LogP contribution in [-0.2, 0) is 0 Å².